The Morgan fingerprint density at radius 1 is 1.07 bits per heavy atom. The van der Waals surface area contributed by atoms with Gasteiger partial charge in [-0.2, -0.15) is 0 Å². The second-order valence-electron chi connectivity index (χ2n) is 7.38. The molecule has 0 saturated carbocycles. The highest BCUT2D eigenvalue weighted by molar-refractivity contribution is 5.77. The van der Waals surface area contributed by atoms with E-state index in [0.717, 1.165) is 19.5 Å². The Morgan fingerprint density at radius 2 is 1.77 bits per heavy atom. The van der Waals surface area contributed by atoms with Gasteiger partial charge in [-0.25, -0.2) is 4.98 Å². The quantitative estimate of drug-likeness (QED) is 0.562. The lowest BCUT2D eigenvalue weighted by Crippen LogP contribution is -2.45. The highest BCUT2D eigenvalue weighted by Crippen LogP contribution is 2.09. The van der Waals surface area contributed by atoms with Crippen LogP contribution in [-0.2, 0) is 17.8 Å². The maximum atomic E-state index is 12.6. The highest BCUT2D eigenvalue weighted by atomic mass is 16.1. The first-order valence-electron chi connectivity index (χ1n) is 10.6. The molecule has 1 unspecified atom stereocenters. The average Bonchev–Trinajstić information content (AvgIpc) is 2.78. The number of hydrogen-bond donors (Lipinski definition) is 1. The minimum atomic E-state index is -0.113. The van der Waals surface area contributed by atoms with Gasteiger partial charge in [-0.15, -0.1) is 0 Å². The fourth-order valence-corrected chi connectivity index (χ4v) is 3.76. The third kappa shape index (κ3) is 5.54. The van der Waals surface area contributed by atoms with Gasteiger partial charge >= 0.3 is 0 Å². The third-order valence-corrected chi connectivity index (χ3v) is 5.49. The minimum Gasteiger partial charge on any atom is -0.354 e. The summed E-state index contributed by atoms with van der Waals surface area (Å²) in [5.41, 5.74) is 1.82. The Hall–Kier alpha value is -2.99. The zero-order valence-corrected chi connectivity index (χ0v) is 17.8. The van der Waals surface area contributed by atoms with Crippen molar-refractivity contribution in [2.45, 2.75) is 39.3 Å². The van der Waals surface area contributed by atoms with Crippen LogP contribution in [0.5, 0.6) is 0 Å². The molecule has 1 amide bonds. The molecule has 1 atom stereocenters. The van der Waals surface area contributed by atoms with Gasteiger partial charge in [-0.3, -0.25) is 19.1 Å². The minimum absolute atomic E-state index is 0.0553. The van der Waals surface area contributed by atoms with E-state index in [4.69, 9.17) is 0 Å². The van der Waals surface area contributed by atoms with Crippen molar-refractivity contribution in [2.24, 2.45) is 0 Å². The average molecular weight is 407 g/mol. The Bertz CT molecular complexity index is 1010. The van der Waals surface area contributed by atoms with Crippen LogP contribution in [0.15, 0.2) is 65.7 Å². The van der Waals surface area contributed by atoms with Gasteiger partial charge in [0.1, 0.15) is 0 Å². The lowest BCUT2D eigenvalue weighted by Gasteiger charge is -2.30. The van der Waals surface area contributed by atoms with E-state index < -0.39 is 0 Å². The van der Waals surface area contributed by atoms with Gasteiger partial charge in [0.05, 0.1) is 17.2 Å². The number of nitrogens with zero attached hydrogens (tertiary/aromatic N) is 3. The summed E-state index contributed by atoms with van der Waals surface area (Å²) in [7, 11) is 0. The maximum absolute atomic E-state index is 12.6. The summed E-state index contributed by atoms with van der Waals surface area (Å²) < 4.78 is 1.51. The highest BCUT2D eigenvalue weighted by Gasteiger charge is 2.17. The van der Waals surface area contributed by atoms with Crippen LogP contribution >= 0.6 is 0 Å². The summed E-state index contributed by atoms with van der Waals surface area (Å²) in [6.45, 7) is 7.05. The van der Waals surface area contributed by atoms with E-state index in [1.165, 1.54) is 16.5 Å². The van der Waals surface area contributed by atoms with Crippen molar-refractivity contribution in [3.05, 3.63) is 76.8 Å². The fraction of sp³-hybridized carbons (Fsp3) is 0.375. The molecule has 6 heteroatoms. The number of carbonyl (C=O) groups excluding carboxylic acids is 1. The van der Waals surface area contributed by atoms with Crippen molar-refractivity contribution in [1.82, 2.24) is 19.8 Å². The van der Waals surface area contributed by atoms with Crippen molar-refractivity contribution >= 4 is 16.8 Å². The van der Waals surface area contributed by atoms with Gasteiger partial charge in [-0.05, 0) is 37.2 Å². The summed E-state index contributed by atoms with van der Waals surface area (Å²) in [5.74, 6) is -0.0553. The van der Waals surface area contributed by atoms with Crippen LogP contribution in [0.1, 0.15) is 25.8 Å². The van der Waals surface area contributed by atoms with Crippen LogP contribution in [0.25, 0.3) is 10.9 Å². The Labute approximate surface area is 177 Å². The molecule has 0 saturated heterocycles. The topological polar surface area (TPSA) is 67.2 Å². The van der Waals surface area contributed by atoms with Crippen molar-refractivity contribution in [2.75, 3.05) is 19.6 Å². The fourth-order valence-electron chi connectivity index (χ4n) is 3.76. The second-order valence-corrected chi connectivity index (χ2v) is 7.38. The predicted octanol–water partition coefficient (Wildman–Crippen LogP) is 2.86. The van der Waals surface area contributed by atoms with Gasteiger partial charge in [0.2, 0.25) is 5.91 Å². The van der Waals surface area contributed by atoms with Crippen molar-refractivity contribution in [1.29, 1.82) is 0 Å². The number of fused-ring (bicyclic) bond motifs is 1. The van der Waals surface area contributed by atoms with E-state index >= 15 is 0 Å². The van der Waals surface area contributed by atoms with Crippen LogP contribution in [-0.4, -0.2) is 46.0 Å². The number of aryl methyl sites for hydroxylation is 1. The molecule has 0 aliphatic carbocycles. The van der Waals surface area contributed by atoms with Crippen LogP contribution in [0.3, 0.4) is 0 Å². The molecule has 30 heavy (non-hydrogen) atoms. The van der Waals surface area contributed by atoms with Gasteiger partial charge < -0.3 is 5.32 Å². The van der Waals surface area contributed by atoms with E-state index in [2.05, 4.69) is 41.2 Å². The van der Waals surface area contributed by atoms with Crippen molar-refractivity contribution < 1.29 is 4.79 Å². The monoisotopic (exact) mass is 406 g/mol. The first kappa shape index (κ1) is 21.7. The smallest absolute Gasteiger partial charge is 0.261 e. The second kappa shape index (κ2) is 10.7. The number of benzene rings is 2. The number of likely N-dealkylation sites (N-methyl/N-ethyl adjacent to an activating group) is 1. The lowest BCUT2D eigenvalue weighted by atomic mass is 10.0. The molecule has 6 nitrogen and oxygen atoms in total. The molecule has 0 spiro atoms. The van der Waals surface area contributed by atoms with Crippen molar-refractivity contribution in [3.8, 4) is 0 Å². The number of hydrogen-bond acceptors (Lipinski definition) is 4. The standard InChI is InChI=1S/C24H30N4O2/c1-3-27(4-2)20(16-19-10-6-5-7-11-19)17-25-23(29)14-15-28-18-26-22-13-9-8-12-21(22)24(28)30/h5-13,18,20H,3-4,14-17H2,1-2H3,(H,25,29). The Morgan fingerprint density at radius 3 is 2.50 bits per heavy atom. The molecule has 0 aliphatic heterocycles. The molecule has 158 valence electrons. The van der Waals surface area contributed by atoms with E-state index in [0.29, 0.717) is 24.0 Å². The normalized spacial score (nSPS) is 12.2. The van der Waals surface area contributed by atoms with Crippen LogP contribution in [0.4, 0.5) is 0 Å². The molecule has 1 aromatic heterocycles. The van der Waals surface area contributed by atoms with Crippen LogP contribution in [0, 0.1) is 0 Å². The molecular weight excluding hydrogens is 376 g/mol. The number of aromatic nitrogens is 2. The SMILES string of the molecule is CCN(CC)C(CNC(=O)CCn1cnc2ccccc2c1=O)Cc1ccccc1. The molecule has 1 heterocycles. The number of carbonyl (C=O) groups is 1. The van der Waals surface area contributed by atoms with Crippen LogP contribution in [0.2, 0.25) is 0 Å². The Kier molecular flexibility index (Phi) is 7.74. The molecular formula is C24H30N4O2. The summed E-state index contributed by atoms with van der Waals surface area (Å²) in [6.07, 6.45) is 2.65. The Balaban J connectivity index is 1.59. The first-order chi connectivity index (χ1) is 14.6. The van der Waals surface area contributed by atoms with Crippen LogP contribution < -0.4 is 10.9 Å². The molecule has 0 radical (unpaired) electrons. The van der Waals surface area contributed by atoms with E-state index in [1.54, 1.807) is 6.07 Å². The molecule has 0 aliphatic rings. The maximum Gasteiger partial charge on any atom is 0.261 e. The predicted molar refractivity (Wildman–Crippen MR) is 120 cm³/mol. The first-order valence-corrected chi connectivity index (χ1v) is 10.6. The number of nitrogens with one attached hydrogen (secondary N) is 1. The molecule has 3 rings (SSSR count). The van der Waals surface area contributed by atoms with Gasteiger partial charge in [0, 0.05) is 25.6 Å². The zero-order chi connectivity index (χ0) is 21.3. The molecule has 1 N–H and O–H groups in total. The summed E-state index contributed by atoms with van der Waals surface area (Å²) in [6, 6.07) is 17.8. The van der Waals surface area contributed by atoms with E-state index in [-0.39, 0.29) is 23.9 Å². The zero-order valence-electron chi connectivity index (χ0n) is 17.8. The van der Waals surface area contributed by atoms with Gasteiger partial charge in [0.15, 0.2) is 0 Å². The molecule has 3 aromatic rings. The summed E-state index contributed by atoms with van der Waals surface area (Å²) in [5, 5.41) is 3.64. The third-order valence-electron chi connectivity index (χ3n) is 5.49. The lowest BCUT2D eigenvalue weighted by molar-refractivity contribution is -0.121. The number of amides is 1. The van der Waals surface area contributed by atoms with E-state index in [9.17, 15) is 9.59 Å². The largest absolute Gasteiger partial charge is 0.354 e. The molecule has 2 aromatic carbocycles. The van der Waals surface area contributed by atoms with Gasteiger partial charge in [-0.1, -0.05) is 56.3 Å². The van der Waals surface area contributed by atoms with Crippen molar-refractivity contribution in [3.63, 3.8) is 0 Å². The summed E-state index contributed by atoms with van der Waals surface area (Å²) in [4.78, 5) is 31.7. The molecule has 0 fully saturated rings. The summed E-state index contributed by atoms with van der Waals surface area (Å²) >= 11 is 0. The molecule has 0 bridgehead atoms. The number of para-hydroxylation sites is 1. The van der Waals surface area contributed by atoms with E-state index in [1.807, 2.05) is 36.4 Å². The number of rotatable bonds is 10. The van der Waals surface area contributed by atoms with Gasteiger partial charge in [0.25, 0.3) is 5.56 Å².